The van der Waals surface area contributed by atoms with E-state index in [4.69, 9.17) is 9.47 Å². The first-order valence-electron chi connectivity index (χ1n) is 13.3. The molecule has 1 aliphatic heterocycles. The van der Waals surface area contributed by atoms with Gasteiger partial charge in [-0.25, -0.2) is 0 Å². The molecule has 4 rings (SSSR count). The average molecular weight is 550 g/mol. The maximum atomic E-state index is 12.9. The van der Waals surface area contributed by atoms with Gasteiger partial charge in [0.15, 0.2) is 11.5 Å². The van der Waals surface area contributed by atoms with Crippen LogP contribution in [0.15, 0.2) is 72.8 Å². The number of carbonyl (C=O) groups excluding carboxylic acids is 2. The molecule has 0 radical (unpaired) electrons. The van der Waals surface area contributed by atoms with E-state index < -0.39 is 10.8 Å². The van der Waals surface area contributed by atoms with E-state index in [1.54, 1.807) is 0 Å². The number of halogens is 1. The van der Waals surface area contributed by atoms with Gasteiger partial charge >= 0.3 is 11.9 Å². The average Bonchev–Trinajstić information content (AvgIpc) is 3.03. The van der Waals surface area contributed by atoms with E-state index >= 15 is 0 Å². The van der Waals surface area contributed by atoms with Crippen LogP contribution in [0.4, 0.5) is 0 Å². The molecule has 208 valence electrons. The van der Waals surface area contributed by atoms with Crippen molar-refractivity contribution in [1.29, 1.82) is 0 Å². The highest BCUT2D eigenvalue weighted by atomic mass is 35.5. The van der Waals surface area contributed by atoms with Crippen molar-refractivity contribution in [2.24, 2.45) is 10.8 Å². The van der Waals surface area contributed by atoms with Crippen molar-refractivity contribution in [2.75, 3.05) is 13.1 Å². The Morgan fingerprint density at radius 1 is 0.795 bits per heavy atom. The third-order valence-corrected chi connectivity index (χ3v) is 6.80. The maximum absolute atomic E-state index is 12.9. The topological polar surface area (TPSA) is 55.8 Å². The summed E-state index contributed by atoms with van der Waals surface area (Å²) < 4.78 is 11.8. The van der Waals surface area contributed by atoms with Gasteiger partial charge in [-0.05, 0) is 82.3 Å². The Morgan fingerprint density at radius 2 is 1.31 bits per heavy atom. The molecule has 1 atom stereocenters. The van der Waals surface area contributed by atoms with E-state index in [9.17, 15) is 9.59 Å². The van der Waals surface area contributed by atoms with Crippen LogP contribution in [0.1, 0.15) is 69.7 Å². The van der Waals surface area contributed by atoms with Crippen LogP contribution in [0.2, 0.25) is 0 Å². The summed E-state index contributed by atoms with van der Waals surface area (Å²) in [6.45, 7) is 13.4. The van der Waals surface area contributed by atoms with E-state index in [-0.39, 0.29) is 30.3 Å². The number of nitrogens with zero attached hydrogens (tertiary/aromatic N) is 1. The molecule has 0 amide bonds. The quantitative estimate of drug-likeness (QED) is 0.249. The zero-order chi connectivity index (χ0) is 27.5. The minimum absolute atomic E-state index is 0. The second-order valence-corrected chi connectivity index (χ2v) is 12.2. The van der Waals surface area contributed by atoms with E-state index in [0.29, 0.717) is 11.5 Å². The lowest BCUT2D eigenvalue weighted by molar-refractivity contribution is -0.145. The molecule has 3 aromatic carbocycles. The fourth-order valence-electron chi connectivity index (χ4n) is 4.51. The highest BCUT2D eigenvalue weighted by Gasteiger charge is 2.31. The van der Waals surface area contributed by atoms with Crippen molar-refractivity contribution in [2.45, 2.75) is 60.4 Å². The molecule has 5 nitrogen and oxygen atoms in total. The summed E-state index contributed by atoms with van der Waals surface area (Å²) in [5.74, 6) is -0.0919. The highest BCUT2D eigenvalue weighted by Crippen LogP contribution is 2.40. The van der Waals surface area contributed by atoms with Gasteiger partial charge in [0, 0.05) is 25.6 Å². The molecule has 0 saturated heterocycles. The van der Waals surface area contributed by atoms with Crippen LogP contribution in [0.3, 0.4) is 0 Å². The molecule has 0 N–H and O–H groups in total. The SMILES string of the molecule is CC(C)(C)C(=O)Oc1cc2c(cc1OC(=O)C(C)(C)C)C(c1ccccc1)CN(Cc1ccccc1)CC2.Cl. The van der Waals surface area contributed by atoms with E-state index in [1.807, 2.05) is 65.8 Å². The minimum Gasteiger partial charge on any atom is -0.422 e. The molecule has 1 aliphatic rings. The van der Waals surface area contributed by atoms with Gasteiger partial charge in [-0.15, -0.1) is 12.4 Å². The Balaban J connectivity index is 0.00000420. The van der Waals surface area contributed by atoms with Crippen LogP contribution in [-0.4, -0.2) is 29.9 Å². The summed E-state index contributed by atoms with van der Waals surface area (Å²) in [6.07, 6.45) is 0.791. The first kappa shape index (κ1) is 30.4. The van der Waals surface area contributed by atoms with Gasteiger partial charge in [0.05, 0.1) is 10.8 Å². The fraction of sp³-hybridized carbons (Fsp3) is 0.394. The number of carbonyl (C=O) groups is 2. The predicted octanol–water partition coefficient (Wildman–Crippen LogP) is 7.20. The standard InChI is InChI=1S/C33H39NO4.ClH/c1-32(2,3)30(35)37-28-19-25-17-18-34(21-23-13-9-7-10-14-23)22-27(24-15-11-8-12-16-24)26(25)20-29(28)38-31(36)33(4,5)6;/h7-16,19-20,27H,17-18,21-22H2,1-6H3;1H. The lowest BCUT2D eigenvalue weighted by Crippen LogP contribution is -2.28. The van der Waals surface area contributed by atoms with Gasteiger partial charge in [-0.2, -0.15) is 0 Å². The third-order valence-electron chi connectivity index (χ3n) is 6.80. The Bertz CT molecular complexity index is 1280. The number of fused-ring (bicyclic) bond motifs is 1. The molecular formula is C33H40ClNO4. The monoisotopic (exact) mass is 549 g/mol. The van der Waals surface area contributed by atoms with Crippen LogP contribution >= 0.6 is 12.4 Å². The number of esters is 2. The molecule has 0 fully saturated rings. The summed E-state index contributed by atoms with van der Waals surface area (Å²) in [4.78, 5) is 28.3. The largest absolute Gasteiger partial charge is 0.422 e. The first-order chi connectivity index (χ1) is 17.9. The molecule has 0 saturated carbocycles. The molecule has 0 bridgehead atoms. The van der Waals surface area contributed by atoms with Crippen molar-refractivity contribution in [3.05, 3.63) is 95.1 Å². The maximum Gasteiger partial charge on any atom is 0.316 e. The van der Waals surface area contributed by atoms with Gasteiger partial charge < -0.3 is 9.47 Å². The lowest BCUT2D eigenvalue weighted by Gasteiger charge is -2.26. The number of rotatable bonds is 5. The number of hydrogen-bond acceptors (Lipinski definition) is 5. The molecular weight excluding hydrogens is 510 g/mol. The molecule has 39 heavy (non-hydrogen) atoms. The minimum atomic E-state index is -0.705. The third kappa shape index (κ3) is 7.71. The van der Waals surface area contributed by atoms with E-state index in [1.165, 1.54) is 11.1 Å². The van der Waals surface area contributed by atoms with Crippen molar-refractivity contribution in [3.63, 3.8) is 0 Å². The van der Waals surface area contributed by atoms with Crippen LogP contribution in [0, 0.1) is 10.8 Å². The summed E-state index contributed by atoms with van der Waals surface area (Å²) in [5, 5.41) is 0. The van der Waals surface area contributed by atoms with Crippen LogP contribution < -0.4 is 9.47 Å². The Kier molecular flexibility index (Phi) is 9.63. The first-order valence-corrected chi connectivity index (χ1v) is 13.3. The molecule has 3 aromatic rings. The fourth-order valence-corrected chi connectivity index (χ4v) is 4.51. The van der Waals surface area contributed by atoms with E-state index in [0.717, 1.165) is 37.2 Å². The number of hydrogen-bond donors (Lipinski definition) is 0. The van der Waals surface area contributed by atoms with Crippen molar-refractivity contribution in [1.82, 2.24) is 4.90 Å². The molecule has 6 heteroatoms. The van der Waals surface area contributed by atoms with Crippen molar-refractivity contribution >= 4 is 24.3 Å². The van der Waals surface area contributed by atoms with Gasteiger partial charge in [0.2, 0.25) is 0 Å². The van der Waals surface area contributed by atoms with Crippen LogP contribution in [0.25, 0.3) is 0 Å². The Morgan fingerprint density at radius 3 is 1.85 bits per heavy atom. The molecule has 0 aliphatic carbocycles. The van der Waals surface area contributed by atoms with E-state index in [2.05, 4.69) is 53.4 Å². The van der Waals surface area contributed by atoms with Crippen molar-refractivity contribution < 1.29 is 19.1 Å². The molecule has 0 aromatic heterocycles. The van der Waals surface area contributed by atoms with Crippen LogP contribution in [0.5, 0.6) is 11.5 Å². The zero-order valence-electron chi connectivity index (χ0n) is 23.8. The highest BCUT2D eigenvalue weighted by molar-refractivity contribution is 5.85. The zero-order valence-corrected chi connectivity index (χ0v) is 24.6. The predicted molar refractivity (Wildman–Crippen MR) is 158 cm³/mol. The Hall–Kier alpha value is -3.15. The number of benzene rings is 3. The summed E-state index contributed by atoms with van der Waals surface area (Å²) in [7, 11) is 0. The van der Waals surface area contributed by atoms with Crippen molar-refractivity contribution in [3.8, 4) is 11.5 Å². The molecule has 1 unspecified atom stereocenters. The van der Waals surface area contributed by atoms with Gasteiger partial charge in [0.1, 0.15) is 0 Å². The summed E-state index contributed by atoms with van der Waals surface area (Å²) >= 11 is 0. The van der Waals surface area contributed by atoms with Crippen LogP contribution in [-0.2, 0) is 22.6 Å². The second-order valence-electron chi connectivity index (χ2n) is 12.2. The normalized spacial score (nSPS) is 15.9. The summed E-state index contributed by atoms with van der Waals surface area (Å²) in [6, 6.07) is 24.8. The lowest BCUT2D eigenvalue weighted by atomic mass is 9.87. The number of ether oxygens (including phenoxy) is 2. The summed E-state index contributed by atoms with van der Waals surface area (Å²) in [5.41, 5.74) is 3.26. The van der Waals surface area contributed by atoms with Gasteiger partial charge in [-0.1, -0.05) is 60.7 Å². The molecule has 0 spiro atoms. The molecule has 1 heterocycles. The van der Waals surface area contributed by atoms with Gasteiger partial charge in [-0.3, -0.25) is 14.5 Å². The smallest absolute Gasteiger partial charge is 0.316 e. The Labute approximate surface area is 238 Å². The van der Waals surface area contributed by atoms with Gasteiger partial charge in [0.25, 0.3) is 0 Å². The second kappa shape index (κ2) is 12.4.